The zero-order chi connectivity index (χ0) is 22.5. The number of fused-ring (bicyclic) bond motifs is 6. The van der Waals surface area contributed by atoms with Gasteiger partial charge in [-0.2, -0.15) is 0 Å². The average Bonchev–Trinajstić information content (AvgIpc) is 3.53. The van der Waals surface area contributed by atoms with Crippen molar-refractivity contribution in [3.63, 3.8) is 0 Å². The molecule has 5 nitrogen and oxygen atoms in total. The smallest absolute Gasteiger partial charge is 0.282 e. The molecule has 2 aliphatic rings. The highest BCUT2D eigenvalue weighted by molar-refractivity contribution is 8.03. The zero-order valence-corrected chi connectivity index (χ0v) is 21.0. The van der Waals surface area contributed by atoms with Gasteiger partial charge in [0, 0.05) is 17.5 Å². The van der Waals surface area contributed by atoms with Crippen LogP contribution in [0.25, 0.3) is 27.3 Å². The van der Waals surface area contributed by atoms with Crippen molar-refractivity contribution in [1.82, 2.24) is 14.2 Å². The van der Waals surface area contributed by atoms with Gasteiger partial charge in [-0.25, -0.2) is 9.13 Å². The van der Waals surface area contributed by atoms with Crippen molar-refractivity contribution in [2.45, 2.75) is 51.0 Å². The molecule has 1 aliphatic heterocycles. The molecule has 0 N–H and O–H groups in total. The van der Waals surface area contributed by atoms with Crippen molar-refractivity contribution < 1.29 is 4.57 Å². The SMILES string of the molecule is CCN1C(=CC=Cc2n(CC)c3ccc4snnc4c3[n+]2C)Sc2c1ccc1c2CCCC1. The molecule has 0 bridgehead atoms. The number of hydrogen-bond acceptors (Lipinski definition) is 5. The number of anilines is 1. The minimum Gasteiger partial charge on any atom is -0.335 e. The number of aryl methyl sites for hydroxylation is 3. The van der Waals surface area contributed by atoms with Crippen LogP contribution >= 0.6 is 23.3 Å². The molecule has 7 heteroatoms. The van der Waals surface area contributed by atoms with Gasteiger partial charge in [-0.05, 0) is 86.5 Å². The highest BCUT2D eigenvalue weighted by Gasteiger charge is 2.28. The summed E-state index contributed by atoms with van der Waals surface area (Å²) in [5, 5.41) is 5.72. The van der Waals surface area contributed by atoms with E-state index in [1.165, 1.54) is 64.2 Å². The van der Waals surface area contributed by atoms with E-state index in [9.17, 15) is 0 Å². The maximum atomic E-state index is 4.41. The van der Waals surface area contributed by atoms with Crippen LogP contribution in [0.3, 0.4) is 0 Å². The minimum atomic E-state index is 0.907. The molecule has 0 spiro atoms. The lowest BCUT2D eigenvalue weighted by Gasteiger charge is -2.21. The summed E-state index contributed by atoms with van der Waals surface area (Å²) in [7, 11) is 2.13. The van der Waals surface area contributed by atoms with E-state index in [-0.39, 0.29) is 0 Å². The Morgan fingerprint density at radius 1 is 1.09 bits per heavy atom. The lowest BCUT2D eigenvalue weighted by atomic mass is 9.91. The van der Waals surface area contributed by atoms with Crippen LogP contribution in [0.15, 0.2) is 46.3 Å². The van der Waals surface area contributed by atoms with Crippen LogP contribution in [0.1, 0.15) is 43.6 Å². The number of aromatic nitrogens is 4. The van der Waals surface area contributed by atoms with Gasteiger partial charge in [0.2, 0.25) is 5.52 Å². The van der Waals surface area contributed by atoms with Gasteiger partial charge < -0.3 is 4.90 Å². The van der Waals surface area contributed by atoms with Crippen LogP contribution in [0.2, 0.25) is 0 Å². The summed E-state index contributed by atoms with van der Waals surface area (Å²) < 4.78 is 9.91. The Kier molecular flexibility index (Phi) is 5.26. The molecule has 6 rings (SSSR count). The van der Waals surface area contributed by atoms with E-state index < -0.39 is 0 Å². The zero-order valence-electron chi connectivity index (χ0n) is 19.3. The molecule has 0 saturated carbocycles. The fourth-order valence-electron chi connectivity index (χ4n) is 5.38. The van der Waals surface area contributed by atoms with Crippen LogP contribution in [0.5, 0.6) is 0 Å². The maximum Gasteiger partial charge on any atom is 0.282 e. The van der Waals surface area contributed by atoms with Crippen LogP contribution in [-0.2, 0) is 26.4 Å². The second-order valence-corrected chi connectivity index (χ2v) is 10.5. The van der Waals surface area contributed by atoms with Gasteiger partial charge in [-0.3, -0.25) is 0 Å². The van der Waals surface area contributed by atoms with Gasteiger partial charge in [-0.15, -0.1) is 5.10 Å². The standard InChI is InChI=1S/C26H28N5S2/c1-4-30-19-15-16-21-24(27-28-33-21)25(19)29(3)22(30)11-8-12-23-31(5-2)20-14-13-17-9-6-7-10-18(17)26(20)32-23/h8,11-16H,4-7,9-10H2,1-3H3/q+1. The lowest BCUT2D eigenvalue weighted by Crippen LogP contribution is -2.31. The summed E-state index contributed by atoms with van der Waals surface area (Å²) in [5.41, 5.74) is 7.88. The summed E-state index contributed by atoms with van der Waals surface area (Å²) in [6.45, 7) is 6.33. The molecule has 2 aromatic carbocycles. The highest BCUT2D eigenvalue weighted by atomic mass is 32.2. The Morgan fingerprint density at radius 2 is 1.97 bits per heavy atom. The number of imidazole rings is 1. The first-order valence-electron chi connectivity index (χ1n) is 11.8. The van der Waals surface area contributed by atoms with Gasteiger partial charge in [0.25, 0.3) is 5.82 Å². The Hall–Kier alpha value is -2.64. The number of allylic oxidation sites excluding steroid dienone is 2. The fourth-order valence-corrected chi connectivity index (χ4v) is 7.28. The highest BCUT2D eigenvalue weighted by Crippen LogP contribution is 2.49. The summed E-state index contributed by atoms with van der Waals surface area (Å²) >= 11 is 3.40. The molecular weight excluding hydrogens is 446 g/mol. The van der Waals surface area contributed by atoms with E-state index in [0.29, 0.717) is 0 Å². The molecule has 0 amide bonds. The maximum absolute atomic E-state index is 4.41. The molecule has 168 valence electrons. The van der Waals surface area contributed by atoms with Gasteiger partial charge >= 0.3 is 0 Å². The molecule has 4 aromatic rings. The summed E-state index contributed by atoms with van der Waals surface area (Å²) in [4.78, 5) is 3.94. The molecule has 0 fully saturated rings. The van der Waals surface area contributed by atoms with Crippen LogP contribution in [-0.4, -0.2) is 20.7 Å². The van der Waals surface area contributed by atoms with Crippen molar-refractivity contribution in [1.29, 1.82) is 0 Å². The quantitative estimate of drug-likeness (QED) is 0.348. The number of rotatable bonds is 4. The predicted molar refractivity (Wildman–Crippen MR) is 139 cm³/mol. The fraction of sp³-hybridized carbons (Fsp3) is 0.346. The molecule has 0 unspecified atom stereocenters. The van der Waals surface area contributed by atoms with Gasteiger partial charge in [0.15, 0.2) is 11.0 Å². The van der Waals surface area contributed by atoms with E-state index in [0.717, 1.165) is 28.8 Å². The number of benzene rings is 2. The van der Waals surface area contributed by atoms with E-state index in [1.54, 1.807) is 11.1 Å². The Bertz CT molecular complexity index is 1440. The second-order valence-electron chi connectivity index (χ2n) is 8.68. The number of hydrogen-bond donors (Lipinski definition) is 0. The van der Waals surface area contributed by atoms with Crippen LogP contribution < -0.4 is 9.47 Å². The van der Waals surface area contributed by atoms with Gasteiger partial charge in [0.05, 0.1) is 29.0 Å². The monoisotopic (exact) mass is 474 g/mol. The van der Waals surface area contributed by atoms with E-state index >= 15 is 0 Å². The first kappa shape index (κ1) is 20.9. The number of nitrogens with zero attached hydrogens (tertiary/aromatic N) is 5. The molecule has 33 heavy (non-hydrogen) atoms. The first-order chi connectivity index (χ1) is 16.2. The second kappa shape index (κ2) is 8.29. The van der Waals surface area contributed by atoms with Gasteiger partial charge in [0.1, 0.15) is 0 Å². The third-order valence-electron chi connectivity index (χ3n) is 6.96. The van der Waals surface area contributed by atoms with Crippen molar-refractivity contribution >= 4 is 56.3 Å². The Labute approximate surface area is 202 Å². The minimum absolute atomic E-state index is 0.907. The van der Waals surface area contributed by atoms with Crippen molar-refractivity contribution in [2.75, 3.05) is 11.4 Å². The summed E-state index contributed by atoms with van der Waals surface area (Å²) in [6, 6.07) is 9.03. The molecule has 2 aromatic heterocycles. The topological polar surface area (TPSA) is 37.8 Å². The van der Waals surface area contributed by atoms with Crippen molar-refractivity contribution in [3.8, 4) is 0 Å². The average molecular weight is 475 g/mol. The normalized spacial score (nSPS) is 17.1. The number of thioether (sulfide) groups is 1. The Balaban J connectivity index is 1.39. The molecule has 0 saturated heterocycles. The van der Waals surface area contributed by atoms with Crippen molar-refractivity contribution in [3.05, 3.63) is 58.4 Å². The molecule has 0 radical (unpaired) electrons. The Morgan fingerprint density at radius 3 is 2.82 bits per heavy atom. The first-order valence-corrected chi connectivity index (χ1v) is 13.4. The largest absolute Gasteiger partial charge is 0.335 e. The molecule has 3 heterocycles. The van der Waals surface area contributed by atoms with Crippen LogP contribution in [0.4, 0.5) is 5.69 Å². The van der Waals surface area contributed by atoms with Gasteiger partial charge in [-0.1, -0.05) is 28.4 Å². The molecule has 1 aliphatic carbocycles. The summed E-state index contributed by atoms with van der Waals surface area (Å²) in [5.74, 6) is 1.17. The van der Waals surface area contributed by atoms with E-state index in [1.807, 2.05) is 11.8 Å². The molecule has 0 atom stereocenters. The third-order valence-corrected chi connectivity index (χ3v) is 8.87. The van der Waals surface area contributed by atoms with Crippen molar-refractivity contribution in [2.24, 2.45) is 7.05 Å². The predicted octanol–water partition coefficient (Wildman–Crippen LogP) is 5.86. The van der Waals surface area contributed by atoms with E-state index in [4.69, 9.17) is 0 Å². The molecular formula is C26H28N5S2+. The lowest BCUT2D eigenvalue weighted by molar-refractivity contribution is -0.647. The summed E-state index contributed by atoms with van der Waals surface area (Å²) in [6.07, 6.45) is 11.8. The van der Waals surface area contributed by atoms with Crippen LogP contribution in [0, 0.1) is 0 Å². The third kappa shape index (κ3) is 3.24. The van der Waals surface area contributed by atoms with E-state index in [2.05, 4.69) is 87.0 Å².